The molecular formula is C23H27N5O3. The highest BCUT2D eigenvalue weighted by Gasteiger charge is 2.35. The predicted molar refractivity (Wildman–Crippen MR) is 117 cm³/mol. The van der Waals surface area contributed by atoms with Crippen molar-refractivity contribution in [1.82, 2.24) is 19.5 Å². The maximum atomic E-state index is 12.0. The third-order valence-electron chi connectivity index (χ3n) is 6.00. The van der Waals surface area contributed by atoms with E-state index in [1.807, 2.05) is 44.4 Å². The number of likely N-dealkylation sites (tertiary alicyclic amines) is 1. The zero-order valence-corrected chi connectivity index (χ0v) is 17.8. The maximum absolute atomic E-state index is 12.0. The molecule has 5 rings (SSSR count). The summed E-state index contributed by atoms with van der Waals surface area (Å²) < 4.78 is 7.81. The van der Waals surface area contributed by atoms with Crippen molar-refractivity contribution >= 4 is 17.2 Å². The minimum absolute atomic E-state index is 0.0413. The topological polar surface area (TPSA) is 92.0 Å². The number of carbonyl (C=O) groups excluding carboxylic acids is 1. The van der Waals surface area contributed by atoms with Crippen LogP contribution in [0.15, 0.2) is 36.7 Å². The Balaban J connectivity index is 1.40. The molecular weight excluding hydrogens is 394 g/mol. The van der Waals surface area contributed by atoms with E-state index in [1.165, 1.54) is 0 Å². The van der Waals surface area contributed by atoms with Gasteiger partial charge in [-0.05, 0) is 57.0 Å². The molecule has 2 aliphatic rings. The summed E-state index contributed by atoms with van der Waals surface area (Å²) in [4.78, 5) is 18.5. The Kier molecular flexibility index (Phi) is 4.91. The lowest BCUT2D eigenvalue weighted by Gasteiger charge is -2.23. The molecule has 4 heterocycles. The molecule has 0 aromatic carbocycles. The van der Waals surface area contributed by atoms with Crippen LogP contribution in [0, 0.1) is 12.8 Å². The Morgan fingerprint density at radius 1 is 1.35 bits per heavy atom. The molecule has 1 amide bonds. The number of fused-ring (bicyclic) bond motifs is 1. The van der Waals surface area contributed by atoms with Crippen molar-refractivity contribution in [3.63, 3.8) is 0 Å². The second-order valence-electron chi connectivity index (χ2n) is 8.90. The van der Waals surface area contributed by atoms with Gasteiger partial charge in [-0.1, -0.05) is 0 Å². The molecule has 0 radical (unpaired) electrons. The number of aliphatic hydroxyl groups is 1. The zero-order valence-electron chi connectivity index (χ0n) is 17.8. The number of β-amino-alcohol motifs (C(OH)–C–C–N with tert-alkyl or cyclic N) is 1. The minimum atomic E-state index is -0.846. The fraction of sp³-hybridized carbons (Fsp3) is 0.435. The van der Waals surface area contributed by atoms with Gasteiger partial charge in [-0.25, -0.2) is 4.52 Å². The van der Waals surface area contributed by atoms with Crippen LogP contribution >= 0.6 is 0 Å². The van der Waals surface area contributed by atoms with Crippen molar-refractivity contribution in [1.29, 1.82) is 0 Å². The molecule has 3 aromatic rings. The molecule has 8 heteroatoms. The molecule has 8 nitrogen and oxygen atoms in total. The third-order valence-corrected chi connectivity index (χ3v) is 6.00. The highest BCUT2D eigenvalue weighted by molar-refractivity contribution is 5.93. The number of likely N-dealkylation sites (N-methyl/N-ethyl adjacent to an activating group) is 1. The molecule has 1 saturated heterocycles. The van der Waals surface area contributed by atoms with Crippen molar-refractivity contribution in [3.8, 4) is 16.9 Å². The normalized spacial score (nSPS) is 21.5. The van der Waals surface area contributed by atoms with E-state index in [1.54, 1.807) is 10.7 Å². The summed E-state index contributed by atoms with van der Waals surface area (Å²) in [6, 6.07) is 7.83. The molecule has 1 saturated carbocycles. The lowest BCUT2D eigenvalue weighted by Crippen LogP contribution is -2.38. The van der Waals surface area contributed by atoms with Crippen LogP contribution in [0.4, 0.5) is 5.82 Å². The van der Waals surface area contributed by atoms with Crippen LogP contribution in [-0.2, 0) is 4.79 Å². The lowest BCUT2D eigenvalue weighted by molar-refractivity contribution is -0.117. The average Bonchev–Trinajstić information content (AvgIpc) is 3.43. The summed E-state index contributed by atoms with van der Waals surface area (Å²) >= 11 is 0. The van der Waals surface area contributed by atoms with Gasteiger partial charge in [0.1, 0.15) is 18.0 Å². The van der Waals surface area contributed by atoms with Gasteiger partial charge in [-0.15, -0.1) is 0 Å². The minimum Gasteiger partial charge on any atom is -0.488 e. The molecule has 162 valence electrons. The van der Waals surface area contributed by atoms with Crippen molar-refractivity contribution in [3.05, 3.63) is 42.4 Å². The third kappa shape index (κ3) is 4.26. The number of hydrogen-bond donors (Lipinski definition) is 2. The van der Waals surface area contributed by atoms with Gasteiger partial charge in [-0.2, -0.15) is 5.10 Å². The highest BCUT2D eigenvalue weighted by atomic mass is 16.5. The van der Waals surface area contributed by atoms with Gasteiger partial charge in [0.2, 0.25) is 5.91 Å². The number of aromatic nitrogens is 3. The SMILES string of the molecule is Cc1cc(-c2ccn3nc(NC(=O)C4CC4)cc3c2)c(OC[C@@]2(O)CCN(C)C2)cn1. The van der Waals surface area contributed by atoms with Gasteiger partial charge in [0.05, 0.1) is 11.7 Å². The van der Waals surface area contributed by atoms with Crippen LogP contribution in [0.1, 0.15) is 25.0 Å². The van der Waals surface area contributed by atoms with Crippen molar-refractivity contribution < 1.29 is 14.6 Å². The Hall–Kier alpha value is -2.97. The first-order valence-corrected chi connectivity index (χ1v) is 10.7. The molecule has 0 bridgehead atoms. The molecule has 2 N–H and O–H groups in total. The van der Waals surface area contributed by atoms with Gasteiger partial charge in [0.15, 0.2) is 5.82 Å². The van der Waals surface area contributed by atoms with Crippen LogP contribution < -0.4 is 10.1 Å². The Morgan fingerprint density at radius 2 is 2.19 bits per heavy atom. The maximum Gasteiger partial charge on any atom is 0.228 e. The number of aryl methyl sites for hydroxylation is 1. The molecule has 3 aromatic heterocycles. The molecule has 2 fully saturated rings. The van der Waals surface area contributed by atoms with E-state index in [0.29, 0.717) is 24.5 Å². The van der Waals surface area contributed by atoms with Crippen molar-refractivity contribution in [2.75, 3.05) is 32.1 Å². The molecule has 0 spiro atoms. The molecule has 31 heavy (non-hydrogen) atoms. The number of amides is 1. The Bertz CT molecular complexity index is 1140. The number of hydrogen-bond acceptors (Lipinski definition) is 6. The number of pyridine rings is 2. The monoisotopic (exact) mass is 421 g/mol. The summed E-state index contributed by atoms with van der Waals surface area (Å²) in [6.07, 6.45) is 6.19. The summed E-state index contributed by atoms with van der Waals surface area (Å²) in [7, 11) is 2.00. The van der Waals surface area contributed by atoms with E-state index in [9.17, 15) is 9.90 Å². The van der Waals surface area contributed by atoms with E-state index in [0.717, 1.165) is 41.7 Å². The van der Waals surface area contributed by atoms with Gasteiger partial charge in [-0.3, -0.25) is 9.78 Å². The van der Waals surface area contributed by atoms with Gasteiger partial charge in [0.25, 0.3) is 0 Å². The van der Waals surface area contributed by atoms with E-state index in [-0.39, 0.29) is 18.4 Å². The summed E-state index contributed by atoms with van der Waals surface area (Å²) in [5.74, 6) is 1.37. The first-order valence-electron chi connectivity index (χ1n) is 10.7. The Morgan fingerprint density at radius 3 is 2.94 bits per heavy atom. The number of nitrogens with zero attached hydrogens (tertiary/aromatic N) is 4. The average molecular weight is 422 g/mol. The largest absolute Gasteiger partial charge is 0.488 e. The highest BCUT2D eigenvalue weighted by Crippen LogP contribution is 2.33. The van der Waals surface area contributed by atoms with Crippen LogP contribution in [0.5, 0.6) is 5.75 Å². The zero-order chi connectivity index (χ0) is 21.6. The molecule has 1 atom stereocenters. The fourth-order valence-corrected chi connectivity index (χ4v) is 4.07. The second-order valence-corrected chi connectivity index (χ2v) is 8.90. The van der Waals surface area contributed by atoms with Gasteiger partial charge < -0.3 is 20.1 Å². The smallest absolute Gasteiger partial charge is 0.228 e. The number of carbonyl (C=O) groups is 1. The molecule has 0 unspecified atom stereocenters. The number of anilines is 1. The summed E-state index contributed by atoms with van der Waals surface area (Å²) in [5.41, 5.74) is 2.78. The predicted octanol–water partition coefficient (Wildman–Crippen LogP) is 2.50. The first kappa shape index (κ1) is 20.0. The quantitative estimate of drug-likeness (QED) is 0.635. The first-order chi connectivity index (χ1) is 14.9. The van der Waals surface area contributed by atoms with Crippen LogP contribution in [0.25, 0.3) is 16.6 Å². The van der Waals surface area contributed by atoms with E-state index < -0.39 is 5.60 Å². The van der Waals surface area contributed by atoms with Crippen LogP contribution in [0.3, 0.4) is 0 Å². The van der Waals surface area contributed by atoms with Crippen molar-refractivity contribution in [2.24, 2.45) is 5.92 Å². The summed E-state index contributed by atoms with van der Waals surface area (Å²) in [5, 5.41) is 18.1. The lowest BCUT2D eigenvalue weighted by atomic mass is 10.0. The van der Waals surface area contributed by atoms with E-state index >= 15 is 0 Å². The van der Waals surface area contributed by atoms with E-state index in [4.69, 9.17) is 4.74 Å². The second kappa shape index (κ2) is 7.62. The van der Waals surface area contributed by atoms with Crippen molar-refractivity contribution in [2.45, 2.75) is 31.8 Å². The number of ether oxygens (including phenoxy) is 1. The molecule has 1 aliphatic carbocycles. The van der Waals surface area contributed by atoms with Gasteiger partial charge in [0, 0.05) is 42.5 Å². The number of nitrogens with one attached hydrogen (secondary N) is 1. The standard InChI is InChI=1S/C23H27N5O3/c1-15-9-19(20(12-24-15)31-14-23(30)6-8-27(2)13-23)17-5-7-28-18(10-17)11-21(26-28)25-22(29)16-3-4-16/h5,7,9-12,16,30H,3-4,6,8,13-14H2,1-2H3,(H,25,26,29)/t23-/m1/s1. The van der Waals surface area contributed by atoms with Crippen LogP contribution in [0.2, 0.25) is 0 Å². The van der Waals surface area contributed by atoms with E-state index in [2.05, 4.69) is 20.3 Å². The molecule has 1 aliphatic heterocycles. The van der Waals surface area contributed by atoms with Gasteiger partial charge >= 0.3 is 0 Å². The summed E-state index contributed by atoms with van der Waals surface area (Å²) in [6.45, 7) is 3.62. The number of rotatable bonds is 6. The Labute approximate surface area is 180 Å². The fourth-order valence-electron chi connectivity index (χ4n) is 4.07. The van der Waals surface area contributed by atoms with Crippen LogP contribution in [-0.4, -0.2) is 62.9 Å².